The van der Waals surface area contributed by atoms with Gasteiger partial charge in [0, 0.05) is 18.1 Å². The Kier molecular flexibility index (Phi) is 4.48. The zero-order valence-corrected chi connectivity index (χ0v) is 13.6. The smallest absolute Gasteiger partial charge is 0.545 e. The predicted octanol–water partition coefficient (Wildman–Crippen LogP) is -1.41. The van der Waals surface area contributed by atoms with Crippen LogP contribution in [0.1, 0.15) is 34.8 Å². The van der Waals surface area contributed by atoms with Crippen molar-refractivity contribution in [2.75, 3.05) is 0 Å². The Labute approximate surface area is 139 Å². The van der Waals surface area contributed by atoms with Gasteiger partial charge in [0.05, 0.1) is 12.3 Å². The molecule has 0 atom stereocenters. The molecule has 96 valence electrons. The summed E-state index contributed by atoms with van der Waals surface area (Å²) < 4.78 is 1.99. The first-order chi connectivity index (χ1) is 9.16. The third-order valence-corrected chi connectivity index (χ3v) is 3.63. The Morgan fingerprint density at radius 2 is 2.15 bits per heavy atom. The fourth-order valence-corrected chi connectivity index (χ4v) is 2.61. The molecule has 0 fully saturated rings. The van der Waals surface area contributed by atoms with Crippen LogP contribution in [0.15, 0.2) is 36.9 Å². The Balaban J connectivity index is 0.00000147. The first-order valence-corrected chi connectivity index (χ1v) is 6.19. The van der Waals surface area contributed by atoms with Crippen molar-refractivity contribution in [2.45, 2.75) is 19.8 Å². The molecule has 0 saturated carbocycles. The topological polar surface area (TPSA) is 58.0 Å². The summed E-state index contributed by atoms with van der Waals surface area (Å²) in [5.74, 6) is -1.13. The van der Waals surface area contributed by atoms with E-state index in [2.05, 4.69) is 4.98 Å². The van der Waals surface area contributed by atoms with Gasteiger partial charge in [-0.25, -0.2) is 4.98 Å². The molecule has 1 aliphatic carbocycles. The van der Waals surface area contributed by atoms with E-state index in [4.69, 9.17) is 0 Å². The summed E-state index contributed by atoms with van der Waals surface area (Å²) >= 11 is 0. The number of aromatic carboxylic acids is 1. The fraction of sp³-hybridized carbons (Fsp3) is 0.200. The zero-order chi connectivity index (χ0) is 13.4. The summed E-state index contributed by atoms with van der Waals surface area (Å²) in [6.07, 6.45) is 7.26. The summed E-state index contributed by atoms with van der Waals surface area (Å²) in [6, 6.07) is 5.20. The monoisotopic (exact) mass is 276 g/mol. The van der Waals surface area contributed by atoms with Crippen LogP contribution in [0, 0.1) is 0 Å². The summed E-state index contributed by atoms with van der Waals surface area (Å²) in [7, 11) is 0. The van der Waals surface area contributed by atoms with Crippen LogP contribution in [0.4, 0.5) is 0 Å². The zero-order valence-electron chi connectivity index (χ0n) is 11.6. The van der Waals surface area contributed by atoms with Crippen LogP contribution in [0.25, 0.3) is 11.3 Å². The van der Waals surface area contributed by atoms with Crippen molar-refractivity contribution < 1.29 is 39.5 Å². The maximum atomic E-state index is 11.0. The largest absolute Gasteiger partial charge is 1.00 e. The second-order valence-corrected chi connectivity index (χ2v) is 4.70. The second kappa shape index (κ2) is 5.95. The quantitative estimate of drug-likeness (QED) is 0.633. The molecule has 0 N–H and O–H groups in total. The molecule has 0 bridgehead atoms. The van der Waals surface area contributed by atoms with E-state index in [0.29, 0.717) is 0 Å². The average Bonchev–Trinajstić information content (AvgIpc) is 2.92. The van der Waals surface area contributed by atoms with Gasteiger partial charge in [0.1, 0.15) is 0 Å². The molecule has 1 aromatic heterocycles. The number of carboxylic acids is 1. The maximum Gasteiger partial charge on any atom is 1.00 e. The van der Waals surface area contributed by atoms with Gasteiger partial charge >= 0.3 is 29.6 Å². The van der Waals surface area contributed by atoms with E-state index < -0.39 is 5.97 Å². The van der Waals surface area contributed by atoms with E-state index in [1.54, 1.807) is 24.7 Å². The molecular formula is C15H13N2NaO2. The second-order valence-electron chi connectivity index (χ2n) is 4.70. The fourth-order valence-electron chi connectivity index (χ4n) is 2.61. The van der Waals surface area contributed by atoms with Crippen molar-refractivity contribution in [3.05, 3.63) is 53.6 Å². The summed E-state index contributed by atoms with van der Waals surface area (Å²) in [6.45, 7) is 2.02. The van der Waals surface area contributed by atoms with Gasteiger partial charge in [-0.3, -0.25) is 0 Å². The van der Waals surface area contributed by atoms with E-state index in [-0.39, 0.29) is 35.1 Å². The van der Waals surface area contributed by atoms with Gasteiger partial charge in [0.25, 0.3) is 0 Å². The molecule has 0 radical (unpaired) electrons. The van der Waals surface area contributed by atoms with Crippen LogP contribution in [0.5, 0.6) is 0 Å². The summed E-state index contributed by atoms with van der Waals surface area (Å²) in [5, 5.41) is 11.0. The van der Waals surface area contributed by atoms with Crippen LogP contribution in [-0.2, 0) is 6.42 Å². The maximum absolute atomic E-state index is 11.0. The van der Waals surface area contributed by atoms with Gasteiger partial charge in [0.15, 0.2) is 0 Å². The van der Waals surface area contributed by atoms with Crippen LogP contribution >= 0.6 is 0 Å². The number of imidazole rings is 1. The molecule has 5 heteroatoms. The Morgan fingerprint density at radius 1 is 1.35 bits per heavy atom. The van der Waals surface area contributed by atoms with E-state index in [1.165, 1.54) is 11.3 Å². The number of rotatable bonds is 2. The number of benzene rings is 1. The number of carboxylic acid groups (broad SMARTS) is 1. The van der Waals surface area contributed by atoms with Crippen molar-refractivity contribution in [3.63, 3.8) is 0 Å². The average molecular weight is 276 g/mol. The Morgan fingerprint density at radius 3 is 2.80 bits per heavy atom. The number of hydrogen-bond donors (Lipinski definition) is 0. The van der Waals surface area contributed by atoms with Crippen molar-refractivity contribution in [3.8, 4) is 0 Å². The van der Waals surface area contributed by atoms with Crippen molar-refractivity contribution >= 4 is 17.2 Å². The van der Waals surface area contributed by atoms with E-state index in [1.807, 2.05) is 23.8 Å². The molecule has 0 amide bonds. The molecular weight excluding hydrogens is 263 g/mol. The number of fused-ring (bicyclic) bond motifs is 1. The molecule has 3 rings (SSSR count). The van der Waals surface area contributed by atoms with Crippen LogP contribution in [0.3, 0.4) is 0 Å². The van der Waals surface area contributed by atoms with Gasteiger partial charge in [-0.2, -0.15) is 0 Å². The van der Waals surface area contributed by atoms with Crippen LogP contribution < -0.4 is 34.7 Å². The molecule has 1 aromatic carbocycles. The number of allylic oxidation sites excluding steroid dienone is 2. The summed E-state index contributed by atoms with van der Waals surface area (Å²) in [4.78, 5) is 15.0. The number of carbonyl (C=O) groups is 1. The molecule has 4 nitrogen and oxygen atoms in total. The third-order valence-electron chi connectivity index (χ3n) is 3.63. The van der Waals surface area contributed by atoms with Crippen molar-refractivity contribution in [1.29, 1.82) is 0 Å². The molecule has 20 heavy (non-hydrogen) atoms. The minimum Gasteiger partial charge on any atom is -0.545 e. The minimum absolute atomic E-state index is 0. The number of nitrogens with zero attached hydrogens (tertiary/aromatic N) is 2. The van der Waals surface area contributed by atoms with Crippen molar-refractivity contribution in [1.82, 2.24) is 9.55 Å². The van der Waals surface area contributed by atoms with E-state index in [0.717, 1.165) is 24.0 Å². The van der Waals surface area contributed by atoms with Gasteiger partial charge < -0.3 is 14.5 Å². The molecule has 0 unspecified atom stereocenters. The first kappa shape index (κ1) is 15.0. The third kappa shape index (κ3) is 2.59. The van der Waals surface area contributed by atoms with E-state index >= 15 is 0 Å². The number of aromatic nitrogens is 2. The molecule has 2 aromatic rings. The van der Waals surface area contributed by atoms with Gasteiger partial charge in [-0.15, -0.1) is 0 Å². The standard InChI is InChI=1S/C15H14N2O2.Na/c1-10-13-8-12(15(18)19)3-2-11(13)4-5-14(10)17-7-6-16-9-17;/h2-3,6-9H,4-5H2,1H3,(H,18,19);/q;+1/p-1. The Bertz CT molecular complexity index is 675. The molecule has 0 aliphatic heterocycles. The normalized spacial score (nSPS) is 13.7. The predicted molar refractivity (Wildman–Crippen MR) is 70.1 cm³/mol. The van der Waals surface area contributed by atoms with Gasteiger partial charge in [0.2, 0.25) is 0 Å². The Hall–Kier alpha value is -1.36. The minimum atomic E-state index is -1.13. The number of carbonyl (C=O) groups excluding carboxylic acids is 1. The molecule has 0 spiro atoms. The summed E-state index contributed by atoms with van der Waals surface area (Å²) in [5.41, 5.74) is 4.68. The number of aryl methyl sites for hydroxylation is 1. The first-order valence-electron chi connectivity index (χ1n) is 6.19. The van der Waals surface area contributed by atoms with Gasteiger partial charge in [-0.05, 0) is 48.1 Å². The SMILES string of the molecule is CC1=C(n2ccnc2)CCc2ccc(C(=O)[O-])cc21.[Na+]. The molecule has 1 heterocycles. The van der Waals surface area contributed by atoms with Gasteiger partial charge in [-0.1, -0.05) is 12.1 Å². The van der Waals surface area contributed by atoms with E-state index in [9.17, 15) is 9.90 Å². The van der Waals surface area contributed by atoms with Crippen LogP contribution in [0.2, 0.25) is 0 Å². The van der Waals surface area contributed by atoms with Crippen molar-refractivity contribution in [2.24, 2.45) is 0 Å². The number of hydrogen-bond acceptors (Lipinski definition) is 3. The van der Waals surface area contributed by atoms with Crippen LogP contribution in [-0.4, -0.2) is 15.5 Å². The molecule has 0 saturated heterocycles. The molecule has 1 aliphatic rings.